The van der Waals surface area contributed by atoms with Crippen LogP contribution in [-0.4, -0.2) is 29.4 Å². The van der Waals surface area contributed by atoms with Gasteiger partial charge in [-0.15, -0.1) is 0 Å². The minimum atomic E-state index is -0.507. The number of nitrogens with one attached hydrogen (secondary N) is 4. The lowest BCUT2D eigenvalue weighted by Crippen LogP contribution is -2.31. The van der Waals surface area contributed by atoms with Crippen LogP contribution in [0.4, 0.5) is 16.2 Å². The van der Waals surface area contributed by atoms with E-state index in [-0.39, 0.29) is 24.4 Å². The molecule has 1 heterocycles. The number of H-pyrrole nitrogens is 1. The quantitative estimate of drug-likeness (QED) is 0.523. The summed E-state index contributed by atoms with van der Waals surface area (Å²) in [6, 6.07) is 7.39. The van der Waals surface area contributed by atoms with E-state index in [1.165, 1.54) is 12.3 Å². The van der Waals surface area contributed by atoms with E-state index in [0.717, 1.165) is 0 Å². The lowest BCUT2D eigenvalue weighted by molar-refractivity contribution is -0.117. The minimum Gasteiger partial charge on any atom is -0.370 e. The van der Waals surface area contributed by atoms with Crippen molar-refractivity contribution >= 4 is 29.2 Å². The third-order valence-electron chi connectivity index (χ3n) is 3.41. The smallest absolute Gasteiger partial charge is 0.319 e. The number of hydrogen-bond acceptors (Lipinski definition) is 4. The second-order valence-electron chi connectivity index (χ2n) is 5.53. The van der Waals surface area contributed by atoms with Crippen molar-refractivity contribution in [3.05, 3.63) is 58.0 Å². The van der Waals surface area contributed by atoms with Gasteiger partial charge in [-0.25, -0.2) is 4.79 Å². The van der Waals surface area contributed by atoms with Gasteiger partial charge in [-0.05, 0) is 30.7 Å². The molecule has 0 aliphatic heterocycles. The summed E-state index contributed by atoms with van der Waals surface area (Å²) in [6.45, 7) is 1.79. The van der Waals surface area contributed by atoms with Crippen LogP contribution in [0.15, 0.2) is 41.3 Å². The lowest BCUT2D eigenvalue weighted by Gasteiger charge is -2.10. The number of aromatic amines is 1. The SMILES string of the molecule is Cc1cc(=O)[nH]cc1C(=O)Nc1cccc(NC(=O)NCCC(N)=O)c1. The molecule has 9 nitrogen and oxygen atoms in total. The Morgan fingerprint density at radius 2 is 1.81 bits per heavy atom. The molecule has 2 aromatic rings. The molecule has 136 valence electrons. The van der Waals surface area contributed by atoms with Crippen LogP contribution in [-0.2, 0) is 4.79 Å². The van der Waals surface area contributed by atoms with Gasteiger partial charge in [-0.2, -0.15) is 0 Å². The first-order chi connectivity index (χ1) is 12.3. The number of pyridine rings is 1. The maximum atomic E-state index is 12.3. The molecule has 9 heteroatoms. The van der Waals surface area contributed by atoms with E-state index in [4.69, 9.17) is 5.73 Å². The Balaban J connectivity index is 2.00. The summed E-state index contributed by atoms with van der Waals surface area (Å²) in [5.74, 6) is -0.894. The van der Waals surface area contributed by atoms with Crippen molar-refractivity contribution in [2.45, 2.75) is 13.3 Å². The molecule has 6 N–H and O–H groups in total. The van der Waals surface area contributed by atoms with Crippen molar-refractivity contribution in [3.63, 3.8) is 0 Å². The van der Waals surface area contributed by atoms with E-state index in [1.807, 2.05) is 0 Å². The molecule has 0 aliphatic carbocycles. The van der Waals surface area contributed by atoms with Crippen LogP contribution in [0.5, 0.6) is 0 Å². The molecule has 0 spiro atoms. The number of primary amides is 1. The topological polar surface area (TPSA) is 146 Å². The van der Waals surface area contributed by atoms with E-state index < -0.39 is 11.9 Å². The Hall–Kier alpha value is -3.62. The van der Waals surface area contributed by atoms with Crippen LogP contribution in [0.3, 0.4) is 0 Å². The summed E-state index contributed by atoms with van der Waals surface area (Å²) in [6.07, 6.45) is 1.39. The molecule has 0 bridgehead atoms. The molecule has 0 saturated heterocycles. The Morgan fingerprint density at radius 3 is 2.46 bits per heavy atom. The predicted octanol–water partition coefficient (Wildman–Crippen LogP) is 0.933. The average Bonchev–Trinajstić information content (AvgIpc) is 2.54. The molecular weight excluding hydrogens is 338 g/mol. The van der Waals surface area contributed by atoms with Crippen molar-refractivity contribution in [1.29, 1.82) is 0 Å². The predicted molar refractivity (Wildman–Crippen MR) is 97.0 cm³/mol. The fourth-order valence-corrected chi connectivity index (χ4v) is 2.17. The van der Waals surface area contributed by atoms with Crippen molar-refractivity contribution < 1.29 is 14.4 Å². The third kappa shape index (κ3) is 5.48. The van der Waals surface area contributed by atoms with Gasteiger partial charge in [-0.3, -0.25) is 14.4 Å². The average molecular weight is 357 g/mol. The van der Waals surface area contributed by atoms with Gasteiger partial charge in [-0.1, -0.05) is 6.07 Å². The molecule has 0 radical (unpaired) electrons. The zero-order valence-corrected chi connectivity index (χ0v) is 14.1. The molecular formula is C17H19N5O4. The highest BCUT2D eigenvalue weighted by Gasteiger charge is 2.10. The van der Waals surface area contributed by atoms with E-state index in [2.05, 4.69) is 20.9 Å². The first-order valence-corrected chi connectivity index (χ1v) is 7.79. The molecule has 1 aromatic heterocycles. The van der Waals surface area contributed by atoms with Gasteiger partial charge in [0.2, 0.25) is 11.5 Å². The monoisotopic (exact) mass is 357 g/mol. The molecule has 0 saturated carbocycles. The number of hydrogen-bond donors (Lipinski definition) is 5. The molecule has 0 atom stereocenters. The summed E-state index contributed by atoms with van der Waals surface area (Å²) in [4.78, 5) is 48.4. The molecule has 2 rings (SSSR count). The Kier molecular flexibility index (Phi) is 6.10. The van der Waals surface area contributed by atoms with Crippen LogP contribution < -0.4 is 27.2 Å². The summed E-state index contributed by atoms with van der Waals surface area (Å²) in [5, 5.41) is 7.77. The van der Waals surface area contributed by atoms with Crippen LogP contribution >= 0.6 is 0 Å². The van der Waals surface area contributed by atoms with Crippen LogP contribution in [0, 0.1) is 6.92 Å². The summed E-state index contributed by atoms with van der Waals surface area (Å²) in [7, 11) is 0. The van der Waals surface area contributed by atoms with E-state index in [1.54, 1.807) is 31.2 Å². The van der Waals surface area contributed by atoms with E-state index in [9.17, 15) is 19.2 Å². The first-order valence-electron chi connectivity index (χ1n) is 7.79. The molecule has 0 fully saturated rings. The highest BCUT2D eigenvalue weighted by atomic mass is 16.2. The highest BCUT2D eigenvalue weighted by molar-refractivity contribution is 6.05. The number of carbonyl (C=O) groups excluding carboxylic acids is 3. The number of aryl methyl sites for hydroxylation is 1. The number of aromatic nitrogens is 1. The van der Waals surface area contributed by atoms with Crippen LogP contribution in [0.25, 0.3) is 0 Å². The number of benzene rings is 1. The number of nitrogens with two attached hydrogens (primary N) is 1. The standard InChI is InChI=1S/C17H19N5O4/c1-10-7-15(24)20-9-13(10)16(25)21-11-3-2-4-12(8-11)22-17(26)19-6-5-14(18)23/h2-4,7-9H,5-6H2,1H3,(H2,18,23)(H,20,24)(H,21,25)(H2,19,22,26). The van der Waals surface area contributed by atoms with Gasteiger partial charge in [0.25, 0.3) is 5.91 Å². The van der Waals surface area contributed by atoms with Gasteiger partial charge in [0.1, 0.15) is 0 Å². The lowest BCUT2D eigenvalue weighted by atomic mass is 10.1. The van der Waals surface area contributed by atoms with Crippen LogP contribution in [0.2, 0.25) is 0 Å². The fraction of sp³-hybridized carbons (Fsp3) is 0.176. The van der Waals surface area contributed by atoms with Crippen molar-refractivity contribution in [2.75, 3.05) is 17.2 Å². The summed E-state index contributed by atoms with van der Waals surface area (Å²) in [5.41, 5.74) is 6.52. The van der Waals surface area contributed by atoms with E-state index >= 15 is 0 Å². The van der Waals surface area contributed by atoms with Gasteiger partial charge in [0, 0.05) is 36.6 Å². The fourth-order valence-electron chi connectivity index (χ4n) is 2.17. The molecule has 1 aromatic carbocycles. The van der Waals surface area contributed by atoms with Gasteiger partial charge < -0.3 is 26.7 Å². The van der Waals surface area contributed by atoms with E-state index in [0.29, 0.717) is 22.5 Å². The number of rotatable bonds is 6. The van der Waals surface area contributed by atoms with Gasteiger partial charge >= 0.3 is 6.03 Å². The second kappa shape index (κ2) is 8.47. The third-order valence-corrected chi connectivity index (χ3v) is 3.41. The normalized spacial score (nSPS) is 10.0. The number of anilines is 2. The maximum absolute atomic E-state index is 12.3. The zero-order chi connectivity index (χ0) is 19.1. The van der Waals surface area contributed by atoms with Crippen molar-refractivity contribution in [2.24, 2.45) is 5.73 Å². The Morgan fingerprint density at radius 1 is 1.12 bits per heavy atom. The Bertz CT molecular complexity index is 891. The van der Waals surface area contributed by atoms with Crippen LogP contribution in [0.1, 0.15) is 22.3 Å². The van der Waals surface area contributed by atoms with Gasteiger partial charge in [0.05, 0.1) is 5.56 Å². The molecule has 0 aliphatic rings. The largest absolute Gasteiger partial charge is 0.370 e. The number of urea groups is 1. The minimum absolute atomic E-state index is 0.0437. The zero-order valence-electron chi connectivity index (χ0n) is 14.1. The first kappa shape index (κ1) is 18.7. The molecule has 4 amide bonds. The molecule has 0 unspecified atom stereocenters. The summed E-state index contributed by atoms with van der Waals surface area (Å²) >= 11 is 0. The Labute approximate surface area is 149 Å². The number of amides is 4. The second-order valence-corrected chi connectivity index (χ2v) is 5.53. The van der Waals surface area contributed by atoms with Gasteiger partial charge in [0.15, 0.2) is 0 Å². The number of carbonyl (C=O) groups is 3. The molecule has 26 heavy (non-hydrogen) atoms. The van der Waals surface area contributed by atoms with Crippen molar-refractivity contribution in [3.8, 4) is 0 Å². The highest BCUT2D eigenvalue weighted by Crippen LogP contribution is 2.16. The summed E-state index contributed by atoms with van der Waals surface area (Å²) < 4.78 is 0. The maximum Gasteiger partial charge on any atom is 0.319 e. The van der Waals surface area contributed by atoms with Crippen molar-refractivity contribution in [1.82, 2.24) is 10.3 Å².